The zero-order chi connectivity index (χ0) is 13.1. The maximum atomic E-state index is 6.05. The van der Waals surface area contributed by atoms with Crippen molar-refractivity contribution >= 4 is 61.5 Å². The molecular formula is C12H11BrClIN2S. The first-order valence-electron chi connectivity index (χ1n) is 5.24. The summed E-state index contributed by atoms with van der Waals surface area (Å²) in [6.07, 6.45) is 0.850. The van der Waals surface area contributed by atoms with Gasteiger partial charge in [0, 0.05) is 29.7 Å². The number of nitrogens with two attached hydrogens (primary N) is 1. The fraction of sp³-hybridized carbons (Fsp3) is 0.167. The van der Waals surface area contributed by atoms with E-state index in [0.29, 0.717) is 0 Å². The summed E-state index contributed by atoms with van der Waals surface area (Å²) >= 11 is 13.5. The van der Waals surface area contributed by atoms with Gasteiger partial charge in [0.2, 0.25) is 0 Å². The molecule has 1 heterocycles. The number of rotatable bonds is 4. The van der Waals surface area contributed by atoms with Crippen molar-refractivity contribution < 1.29 is 0 Å². The zero-order valence-corrected chi connectivity index (χ0v) is 14.6. The third-order valence-electron chi connectivity index (χ3n) is 2.56. The Morgan fingerprint density at radius 3 is 2.83 bits per heavy atom. The molecule has 96 valence electrons. The molecule has 2 rings (SSSR count). The van der Waals surface area contributed by atoms with Gasteiger partial charge >= 0.3 is 0 Å². The summed E-state index contributed by atoms with van der Waals surface area (Å²) in [5, 5.41) is 2.81. The Kier molecular flexibility index (Phi) is 5.47. The largest absolute Gasteiger partial charge is 0.271 e. The predicted molar refractivity (Wildman–Crippen MR) is 90.0 cm³/mol. The molecule has 0 aliphatic carbocycles. The van der Waals surface area contributed by atoms with E-state index in [1.165, 1.54) is 4.88 Å². The molecule has 0 amide bonds. The van der Waals surface area contributed by atoms with Crippen molar-refractivity contribution in [1.82, 2.24) is 5.43 Å². The molecule has 0 fully saturated rings. The first kappa shape index (κ1) is 14.7. The average Bonchev–Trinajstić information content (AvgIpc) is 2.75. The average molecular weight is 458 g/mol. The summed E-state index contributed by atoms with van der Waals surface area (Å²) < 4.78 is 2.27. The van der Waals surface area contributed by atoms with E-state index in [1.807, 2.05) is 18.2 Å². The first-order valence-corrected chi connectivity index (χ1v) is 8.37. The van der Waals surface area contributed by atoms with Crippen molar-refractivity contribution in [3.63, 3.8) is 0 Å². The van der Waals surface area contributed by atoms with Crippen LogP contribution in [0.3, 0.4) is 0 Å². The van der Waals surface area contributed by atoms with Gasteiger partial charge in [-0.2, -0.15) is 0 Å². The van der Waals surface area contributed by atoms with Crippen LogP contribution in [0.25, 0.3) is 0 Å². The maximum Gasteiger partial charge on any atom is 0.0519 e. The first-order chi connectivity index (χ1) is 8.60. The number of nitrogens with one attached hydrogen (secondary N) is 1. The molecule has 1 aromatic carbocycles. The predicted octanol–water partition coefficient (Wildman–Crippen LogP) is 4.52. The van der Waals surface area contributed by atoms with Crippen LogP contribution in [-0.4, -0.2) is 0 Å². The highest BCUT2D eigenvalue weighted by Gasteiger charge is 2.15. The fourth-order valence-corrected chi connectivity index (χ4v) is 4.09. The summed E-state index contributed by atoms with van der Waals surface area (Å²) in [6, 6.07) is 8.05. The quantitative estimate of drug-likeness (QED) is 0.403. The molecule has 0 saturated carbocycles. The van der Waals surface area contributed by atoms with Crippen molar-refractivity contribution in [2.75, 3.05) is 0 Å². The van der Waals surface area contributed by atoms with E-state index in [9.17, 15) is 0 Å². The second kappa shape index (κ2) is 6.67. The van der Waals surface area contributed by atoms with Crippen LogP contribution in [0.2, 0.25) is 5.02 Å². The summed E-state index contributed by atoms with van der Waals surface area (Å²) in [4.78, 5) is 1.28. The van der Waals surface area contributed by atoms with E-state index in [4.69, 9.17) is 17.4 Å². The number of hydrogen-bond acceptors (Lipinski definition) is 3. The van der Waals surface area contributed by atoms with E-state index in [0.717, 1.165) is 25.0 Å². The number of hydrazine groups is 1. The molecule has 1 atom stereocenters. The van der Waals surface area contributed by atoms with Crippen LogP contribution in [0.5, 0.6) is 0 Å². The van der Waals surface area contributed by atoms with Gasteiger partial charge in [0.1, 0.15) is 0 Å². The minimum Gasteiger partial charge on any atom is -0.271 e. The topological polar surface area (TPSA) is 38.0 Å². The molecule has 18 heavy (non-hydrogen) atoms. The molecule has 6 heteroatoms. The van der Waals surface area contributed by atoms with Gasteiger partial charge < -0.3 is 0 Å². The molecule has 0 spiro atoms. The monoisotopic (exact) mass is 456 g/mol. The molecule has 0 aliphatic heterocycles. The second-order valence-electron chi connectivity index (χ2n) is 3.82. The van der Waals surface area contributed by atoms with E-state index in [1.54, 1.807) is 11.3 Å². The van der Waals surface area contributed by atoms with Crippen molar-refractivity contribution in [2.45, 2.75) is 12.5 Å². The Balaban J connectivity index is 2.25. The van der Waals surface area contributed by atoms with Gasteiger partial charge in [0.15, 0.2) is 0 Å². The molecule has 0 saturated heterocycles. The summed E-state index contributed by atoms with van der Waals surface area (Å²) in [6.45, 7) is 0. The Hall–Kier alpha value is 0.340. The molecule has 0 radical (unpaired) electrons. The van der Waals surface area contributed by atoms with E-state index < -0.39 is 0 Å². The summed E-state index contributed by atoms with van der Waals surface area (Å²) in [7, 11) is 0. The van der Waals surface area contributed by atoms with Crippen molar-refractivity contribution in [2.24, 2.45) is 5.84 Å². The van der Waals surface area contributed by atoms with Gasteiger partial charge in [0.25, 0.3) is 0 Å². The van der Waals surface area contributed by atoms with E-state index in [-0.39, 0.29) is 6.04 Å². The molecular weight excluding hydrogens is 446 g/mol. The molecule has 2 nitrogen and oxygen atoms in total. The van der Waals surface area contributed by atoms with Crippen LogP contribution in [0.1, 0.15) is 16.5 Å². The van der Waals surface area contributed by atoms with E-state index in [2.05, 4.69) is 55.4 Å². The number of benzene rings is 1. The van der Waals surface area contributed by atoms with Gasteiger partial charge in [-0.3, -0.25) is 11.3 Å². The normalized spacial score (nSPS) is 12.7. The third-order valence-corrected chi connectivity index (χ3v) is 5.50. The Morgan fingerprint density at radius 2 is 2.22 bits per heavy atom. The molecule has 0 aliphatic rings. The molecule has 1 aromatic heterocycles. The van der Waals surface area contributed by atoms with Gasteiger partial charge in [-0.05, 0) is 68.3 Å². The lowest BCUT2D eigenvalue weighted by molar-refractivity contribution is 0.553. The standard InChI is InChI=1S/C12H11BrClIN2S/c13-7-3-9(18-6-7)5-12(17-16)10-4-8(14)1-2-11(10)15/h1-4,6,12,17H,5,16H2. The fourth-order valence-electron chi connectivity index (χ4n) is 1.70. The van der Waals surface area contributed by atoms with Crippen molar-refractivity contribution in [3.8, 4) is 0 Å². The second-order valence-corrected chi connectivity index (χ2v) is 7.33. The smallest absolute Gasteiger partial charge is 0.0519 e. The number of halogens is 3. The van der Waals surface area contributed by atoms with Crippen molar-refractivity contribution in [1.29, 1.82) is 0 Å². The summed E-state index contributed by atoms with van der Waals surface area (Å²) in [5.74, 6) is 5.67. The van der Waals surface area contributed by atoms with Crippen LogP contribution < -0.4 is 11.3 Å². The van der Waals surface area contributed by atoms with Gasteiger partial charge in [-0.15, -0.1) is 11.3 Å². The Morgan fingerprint density at radius 1 is 1.44 bits per heavy atom. The lowest BCUT2D eigenvalue weighted by Gasteiger charge is -2.17. The van der Waals surface area contributed by atoms with Crippen LogP contribution in [-0.2, 0) is 6.42 Å². The Labute approximate surface area is 137 Å². The van der Waals surface area contributed by atoms with Crippen LogP contribution in [0.15, 0.2) is 34.1 Å². The summed E-state index contributed by atoms with van der Waals surface area (Å²) in [5.41, 5.74) is 4.01. The van der Waals surface area contributed by atoms with E-state index >= 15 is 0 Å². The lowest BCUT2D eigenvalue weighted by Crippen LogP contribution is -2.30. The molecule has 0 bridgehead atoms. The van der Waals surface area contributed by atoms with Crippen molar-refractivity contribution in [3.05, 3.63) is 53.2 Å². The maximum absolute atomic E-state index is 6.05. The van der Waals surface area contributed by atoms with Gasteiger partial charge in [-0.25, -0.2) is 0 Å². The highest BCUT2D eigenvalue weighted by atomic mass is 127. The minimum atomic E-state index is 0.0705. The lowest BCUT2D eigenvalue weighted by atomic mass is 10.0. The van der Waals surface area contributed by atoms with Crippen LogP contribution in [0.4, 0.5) is 0 Å². The molecule has 3 N–H and O–H groups in total. The molecule has 1 unspecified atom stereocenters. The highest BCUT2D eigenvalue weighted by molar-refractivity contribution is 14.1. The third kappa shape index (κ3) is 3.68. The molecule has 2 aromatic rings. The number of thiophene rings is 1. The van der Waals surface area contributed by atoms with Gasteiger partial charge in [0.05, 0.1) is 6.04 Å². The van der Waals surface area contributed by atoms with Crippen LogP contribution in [0, 0.1) is 3.57 Å². The zero-order valence-electron chi connectivity index (χ0n) is 9.29. The Bertz CT molecular complexity index is 547. The SMILES string of the molecule is NNC(Cc1cc(Br)cs1)c1cc(Cl)ccc1I. The number of hydrogen-bond donors (Lipinski definition) is 2. The highest BCUT2D eigenvalue weighted by Crippen LogP contribution is 2.29. The van der Waals surface area contributed by atoms with Gasteiger partial charge in [-0.1, -0.05) is 11.6 Å². The minimum absolute atomic E-state index is 0.0705. The van der Waals surface area contributed by atoms with Crippen LogP contribution >= 0.6 is 61.5 Å².